The van der Waals surface area contributed by atoms with E-state index in [1.807, 2.05) is 6.07 Å². The molecule has 2 atom stereocenters. The molecule has 0 saturated heterocycles. The predicted octanol–water partition coefficient (Wildman–Crippen LogP) is 4.19. The molecule has 1 aliphatic rings. The second kappa shape index (κ2) is 6.53. The van der Waals surface area contributed by atoms with Crippen molar-refractivity contribution in [2.75, 3.05) is 6.54 Å². The van der Waals surface area contributed by atoms with Crippen molar-refractivity contribution in [1.29, 1.82) is 0 Å². The molecule has 2 unspecified atom stereocenters. The first-order valence-corrected chi connectivity index (χ1v) is 7.26. The lowest BCUT2D eigenvalue weighted by Gasteiger charge is -2.21. The molecule has 0 radical (unpaired) electrons. The van der Waals surface area contributed by atoms with Crippen molar-refractivity contribution in [3.05, 3.63) is 34.6 Å². The van der Waals surface area contributed by atoms with Crippen LogP contribution in [-0.4, -0.2) is 12.6 Å². The van der Waals surface area contributed by atoms with Gasteiger partial charge in [-0.25, -0.2) is 4.39 Å². The van der Waals surface area contributed by atoms with Crippen molar-refractivity contribution >= 4 is 11.6 Å². The fourth-order valence-electron chi connectivity index (χ4n) is 2.87. The van der Waals surface area contributed by atoms with E-state index in [4.69, 9.17) is 11.6 Å². The molecule has 0 aliphatic heterocycles. The zero-order chi connectivity index (χ0) is 13.0. The second-order valence-corrected chi connectivity index (χ2v) is 5.55. The Morgan fingerprint density at radius 3 is 3.00 bits per heavy atom. The van der Waals surface area contributed by atoms with E-state index >= 15 is 0 Å². The summed E-state index contributed by atoms with van der Waals surface area (Å²) in [6, 6.07) is 5.69. The first-order chi connectivity index (χ1) is 8.72. The molecule has 0 aromatic heterocycles. The molecule has 1 saturated carbocycles. The van der Waals surface area contributed by atoms with Crippen molar-refractivity contribution in [3.8, 4) is 0 Å². The Balaban J connectivity index is 2.01. The van der Waals surface area contributed by atoms with Gasteiger partial charge in [-0.2, -0.15) is 0 Å². The maximum Gasteiger partial charge on any atom is 0.142 e. The average molecular weight is 270 g/mol. The van der Waals surface area contributed by atoms with Gasteiger partial charge in [-0.05, 0) is 49.8 Å². The number of hydrogen-bond donors (Lipinski definition) is 1. The van der Waals surface area contributed by atoms with Gasteiger partial charge in [-0.1, -0.05) is 37.1 Å². The highest BCUT2D eigenvalue weighted by Gasteiger charge is 2.27. The number of halogens is 2. The molecule has 1 aromatic rings. The van der Waals surface area contributed by atoms with Crippen LogP contribution in [0.15, 0.2) is 18.2 Å². The second-order valence-electron chi connectivity index (χ2n) is 5.17. The summed E-state index contributed by atoms with van der Waals surface area (Å²) in [7, 11) is 0. The topological polar surface area (TPSA) is 12.0 Å². The van der Waals surface area contributed by atoms with Crippen LogP contribution < -0.4 is 5.32 Å². The summed E-state index contributed by atoms with van der Waals surface area (Å²) in [5, 5.41) is 3.90. The number of benzene rings is 1. The standard InChI is InChI=1S/C15H21ClFN/c1-2-9-18-14-8-4-5-11(14)10-12-6-3-7-13(17)15(12)16/h3,6-7,11,14,18H,2,4-5,8-10H2,1H3. The quantitative estimate of drug-likeness (QED) is 0.845. The lowest BCUT2D eigenvalue weighted by Crippen LogP contribution is -2.33. The fraction of sp³-hybridized carbons (Fsp3) is 0.600. The Morgan fingerprint density at radius 1 is 1.39 bits per heavy atom. The molecule has 0 heterocycles. The maximum absolute atomic E-state index is 13.4. The third-order valence-corrected chi connectivity index (χ3v) is 4.25. The lowest BCUT2D eigenvalue weighted by molar-refractivity contribution is 0.398. The van der Waals surface area contributed by atoms with Crippen molar-refractivity contribution < 1.29 is 4.39 Å². The molecule has 1 nitrogen and oxygen atoms in total. The third kappa shape index (κ3) is 3.24. The van der Waals surface area contributed by atoms with Crippen LogP contribution in [0.25, 0.3) is 0 Å². The molecule has 2 rings (SSSR count). The van der Waals surface area contributed by atoms with Gasteiger partial charge < -0.3 is 5.32 Å². The Labute approximate surface area is 114 Å². The molecule has 0 spiro atoms. The molecule has 0 bridgehead atoms. The average Bonchev–Trinajstić information content (AvgIpc) is 2.80. The molecular formula is C15H21ClFN. The van der Waals surface area contributed by atoms with Gasteiger partial charge in [-0.15, -0.1) is 0 Å². The van der Waals surface area contributed by atoms with E-state index in [0.29, 0.717) is 17.0 Å². The number of rotatable bonds is 5. The van der Waals surface area contributed by atoms with Crippen LogP contribution in [0.5, 0.6) is 0 Å². The van der Waals surface area contributed by atoms with Crippen LogP contribution >= 0.6 is 11.6 Å². The summed E-state index contributed by atoms with van der Waals surface area (Å²) in [5.74, 6) is 0.293. The minimum atomic E-state index is -0.301. The highest BCUT2D eigenvalue weighted by Crippen LogP contribution is 2.31. The minimum absolute atomic E-state index is 0.301. The predicted molar refractivity (Wildman–Crippen MR) is 74.5 cm³/mol. The molecule has 3 heteroatoms. The maximum atomic E-state index is 13.4. The highest BCUT2D eigenvalue weighted by molar-refractivity contribution is 6.31. The largest absolute Gasteiger partial charge is 0.314 e. The van der Waals surface area contributed by atoms with E-state index < -0.39 is 0 Å². The summed E-state index contributed by atoms with van der Waals surface area (Å²) < 4.78 is 13.4. The molecular weight excluding hydrogens is 249 g/mol. The first kappa shape index (κ1) is 13.8. The lowest BCUT2D eigenvalue weighted by atomic mass is 9.94. The van der Waals surface area contributed by atoms with Gasteiger partial charge in [0.05, 0.1) is 5.02 Å². The SMILES string of the molecule is CCCNC1CCCC1Cc1cccc(F)c1Cl. The van der Waals surface area contributed by atoms with Gasteiger partial charge in [0.2, 0.25) is 0 Å². The van der Waals surface area contributed by atoms with Crippen molar-refractivity contribution in [2.24, 2.45) is 5.92 Å². The van der Waals surface area contributed by atoms with Crippen LogP contribution in [0.3, 0.4) is 0 Å². The Kier molecular flexibility index (Phi) is 5.02. The summed E-state index contributed by atoms with van der Waals surface area (Å²) in [5.41, 5.74) is 0.951. The van der Waals surface area contributed by atoms with Crippen molar-refractivity contribution in [2.45, 2.75) is 45.1 Å². The highest BCUT2D eigenvalue weighted by atomic mass is 35.5. The van der Waals surface area contributed by atoms with Crippen molar-refractivity contribution in [1.82, 2.24) is 5.32 Å². The fourth-order valence-corrected chi connectivity index (χ4v) is 3.07. The first-order valence-electron chi connectivity index (χ1n) is 6.88. The van der Waals surface area contributed by atoms with E-state index in [1.54, 1.807) is 6.07 Å². The van der Waals surface area contributed by atoms with Gasteiger partial charge in [0.15, 0.2) is 0 Å². The minimum Gasteiger partial charge on any atom is -0.314 e. The number of nitrogens with one attached hydrogen (secondary N) is 1. The molecule has 18 heavy (non-hydrogen) atoms. The zero-order valence-corrected chi connectivity index (χ0v) is 11.6. The van der Waals surface area contributed by atoms with E-state index in [1.165, 1.54) is 25.3 Å². The Bertz CT molecular complexity index is 394. The van der Waals surface area contributed by atoms with E-state index in [0.717, 1.165) is 24.9 Å². The molecule has 1 fully saturated rings. The van der Waals surface area contributed by atoms with E-state index in [-0.39, 0.29) is 5.82 Å². The Hall–Kier alpha value is -0.600. The normalized spacial score (nSPS) is 23.5. The van der Waals surface area contributed by atoms with Crippen LogP contribution in [0.2, 0.25) is 5.02 Å². The van der Waals surface area contributed by atoms with Gasteiger partial charge in [0.1, 0.15) is 5.82 Å². The van der Waals surface area contributed by atoms with Crippen LogP contribution in [0, 0.1) is 11.7 Å². The summed E-state index contributed by atoms with van der Waals surface area (Å²) in [4.78, 5) is 0. The zero-order valence-electron chi connectivity index (χ0n) is 10.9. The van der Waals surface area contributed by atoms with Gasteiger partial charge in [0.25, 0.3) is 0 Å². The summed E-state index contributed by atoms with van der Waals surface area (Å²) in [6.07, 6.45) is 5.76. The van der Waals surface area contributed by atoms with Crippen LogP contribution in [-0.2, 0) is 6.42 Å². The van der Waals surface area contributed by atoms with Gasteiger partial charge in [0, 0.05) is 6.04 Å². The van der Waals surface area contributed by atoms with Gasteiger partial charge >= 0.3 is 0 Å². The molecule has 0 amide bonds. The monoisotopic (exact) mass is 269 g/mol. The van der Waals surface area contributed by atoms with E-state index in [9.17, 15) is 4.39 Å². The number of hydrogen-bond acceptors (Lipinski definition) is 1. The Morgan fingerprint density at radius 2 is 2.22 bits per heavy atom. The van der Waals surface area contributed by atoms with Crippen molar-refractivity contribution in [3.63, 3.8) is 0 Å². The molecule has 1 aromatic carbocycles. The smallest absolute Gasteiger partial charge is 0.142 e. The van der Waals surface area contributed by atoms with Crippen LogP contribution in [0.1, 0.15) is 38.2 Å². The molecule has 1 aliphatic carbocycles. The van der Waals surface area contributed by atoms with Crippen LogP contribution in [0.4, 0.5) is 4.39 Å². The summed E-state index contributed by atoms with van der Waals surface area (Å²) >= 11 is 6.03. The third-order valence-electron chi connectivity index (χ3n) is 3.83. The summed E-state index contributed by atoms with van der Waals surface area (Å²) in [6.45, 7) is 3.25. The van der Waals surface area contributed by atoms with Gasteiger partial charge in [-0.3, -0.25) is 0 Å². The van der Waals surface area contributed by atoms with E-state index in [2.05, 4.69) is 12.2 Å². The molecule has 100 valence electrons. The molecule has 1 N–H and O–H groups in total.